The fraction of sp³-hybridized carbons (Fsp3) is 0.400. The van der Waals surface area contributed by atoms with Gasteiger partial charge in [-0.25, -0.2) is 0 Å². The molecule has 2 nitrogen and oxygen atoms in total. The molecule has 0 aromatic heterocycles. The smallest absolute Gasteiger partial charge is 0.134 e. The minimum Gasteiger partial charge on any atom is -0.506 e. The number of hydrogen-bond donors (Lipinski definition) is 2. The van der Waals surface area contributed by atoms with Crippen LogP contribution in [0.25, 0.3) is 0 Å². The molecule has 0 fully saturated rings. The van der Waals surface area contributed by atoms with Gasteiger partial charge in [0.1, 0.15) is 5.75 Å². The molecule has 0 spiro atoms. The maximum absolute atomic E-state index is 9.14. The average Bonchev–Trinajstić information content (AvgIpc) is 2.07. The molecule has 3 heteroatoms. The maximum Gasteiger partial charge on any atom is 0.134 e. The minimum atomic E-state index is -0.299. The lowest BCUT2D eigenvalue weighted by Crippen LogP contribution is -2.01. The molecular formula is C10H13ClO2. The lowest BCUT2D eigenvalue weighted by Gasteiger charge is -2.05. The van der Waals surface area contributed by atoms with Crippen LogP contribution < -0.4 is 0 Å². The summed E-state index contributed by atoms with van der Waals surface area (Å²) < 4.78 is 0. The molecule has 72 valence electrons. The maximum atomic E-state index is 9.14. The van der Waals surface area contributed by atoms with Gasteiger partial charge in [-0.15, -0.1) is 0 Å². The van der Waals surface area contributed by atoms with E-state index in [0.29, 0.717) is 11.4 Å². The zero-order valence-corrected chi connectivity index (χ0v) is 8.25. The van der Waals surface area contributed by atoms with Crippen LogP contribution in [0, 0.1) is 0 Å². The monoisotopic (exact) mass is 200 g/mol. The zero-order chi connectivity index (χ0) is 9.84. The minimum absolute atomic E-state index is 0.0995. The van der Waals surface area contributed by atoms with Gasteiger partial charge in [0.05, 0.1) is 11.1 Å². The van der Waals surface area contributed by atoms with Crippen molar-refractivity contribution in [3.63, 3.8) is 0 Å². The molecule has 0 radical (unpaired) electrons. The van der Waals surface area contributed by atoms with Crippen LogP contribution in [0.3, 0.4) is 0 Å². The Morgan fingerprint density at radius 1 is 1.46 bits per heavy atom. The Labute approximate surface area is 82.8 Å². The predicted octanol–water partition coefficient (Wildman–Crippen LogP) is 2.36. The molecule has 0 saturated carbocycles. The molecule has 0 bridgehead atoms. The van der Waals surface area contributed by atoms with E-state index in [-0.39, 0.29) is 11.9 Å². The lowest BCUT2D eigenvalue weighted by atomic mass is 10.1. The Hall–Kier alpha value is -0.730. The number of rotatable bonds is 3. The number of phenols is 1. The molecule has 2 N–H and O–H groups in total. The van der Waals surface area contributed by atoms with Crippen LogP contribution in [0.4, 0.5) is 0 Å². The highest BCUT2D eigenvalue weighted by Crippen LogP contribution is 2.24. The fourth-order valence-electron chi connectivity index (χ4n) is 1.08. The Kier molecular flexibility index (Phi) is 3.58. The number of aliphatic hydroxyl groups excluding tert-OH is 1. The number of benzene rings is 1. The van der Waals surface area contributed by atoms with Crippen molar-refractivity contribution in [1.82, 2.24) is 0 Å². The third-order valence-electron chi connectivity index (χ3n) is 1.86. The summed E-state index contributed by atoms with van der Waals surface area (Å²) >= 11 is 5.72. The molecular weight excluding hydrogens is 188 g/mol. The normalized spacial score (nSPS) is 12.8. The number of aromatic hydroxyl groups is 1. The molecule has 0 aliphatic heterocycles. The van der Waals surface area contributed by atoms with E-state index in [2.05, 4.69) is 0 Å². The van der Waals surface area contributed by atoms with E-state index in [0.717, 1.165) is 12.0 Å². The molecule has 1 atom stereocenters. The summed E-state index contributed by atoms with van der Waals surface area (Å²) in [5.41, 5.74) is 1.03. The Balaban J connectivity index is 2.63. The molecule has 1 aromatic carbocycles. The second kappa shape index (κ2) is 4.49. The first-order valence-corrected chi connectivity index (χ1v) is 4.63. The summed E-state index contributed by atoms with van der Waals surface area (Å²) in [4.78, 5) is 0. The highest BCUT2D eigenvalue weighted by atomic mass is 35.5. The molecule has 0 heterocycles. The van der Waals surface area contributed by atoms with Crippen LogP contribution in [0.15, 0.2) is 18.2 Å². The average molecular weight is 201 g/mol. The van der Waals surface area contributed by atoms with Crippen molar-refractivity contribution in [3.05, 3.63) is 28.8 Å². The van der Waals surface area contributed by atoms with E-state index >= 15 is 0 Å². The largest absolute Gasteiger partial charge is 0.506 e. The van der Waals surface area contributed by atoms with Crippen molar-refractivity contribution in [3.8, 4) is 5.75 Å². The van der Waals surface area contributed by atoms with Gasteiger partial charge in [0, 0.05) is 0 Å². The highest BCUT2D eigenvalue weighted by Gasteiger charge is 2.01. The summed E-state index contributed by atoms with van der Waals surface area (Å²) in [6.07, 6.45) is 1.19. The lowest BCUT2D eigenvalue weighted by molar-refractivity contribution is 0.185. The van der Waals surface area contributed by atoms with Crippen LogP contribution >= 0.6 is 11.6 Å². The van der Waals surface area contributed by atoms with E-state index in [1.54, 1.807) is 19.1 Å². The molecule has 13 heavy (non-hydrogen) atoms. The second-order valence-corrected chi connectivity index (χ2v) is 3.58. The molecule has 0 aliphatic rings. The van der Waals surface area contributed by atoms with Gasteiger partial charge >= 0.3 is 0 Å². The SMILES string of the molecule is C[C@H](O)CCc1ccc(O)c(Cl)c1. The van der Waals surface area contributed by atoms with Crippen molar-refractivity contribution in [2.45, 2.75) is 25.9 Å². The zero-order valence-electron chi connectivity index (χ0n) is 7.50. The number of aryl methyl sites for hydroxylation is 1. The van der Waals surface area contributed by atoms with Crippen LogP contribution in [-0.2, 0) is 6.42 Å². The number of halogens is 1. The molecule has 0 saturated heterocycles. The summed E-state index contributed by atoms with van der Waals surface area (Å²) in [6, 6.07) is 5.10. The number of phenolic OH excluding ortho intramolecular Hbond substituents is 1. The Morgan fingerprint density at radius 2 is 2.15 bits per heavy atom. The third kappa shape index (κ3) is 3.25. The van der Waals surface area contributed by atoms with Crippen molar-refractivity contribution < 1.29 is 10.2 Å². The first kappa shape index (κ1) is 10.4. The molecule has 0 unspecified atom stereocenters. The van der Waals surface area contributed by atoms with Gasteiger partial charge in [0.25, 0.3) is 0 Å². The van der Waals surface area contributed by atoms with Gasteiger partial charge in [-0.3, -0.25) is 0 Å². The van der Waals surface area contributed by atoms with E-state index in [1.807, 2.05) is 6.07 Å². The summed E-state index contributed by atoms with van der Waals surface area (Å²) in [6.45, 7) is 1.75. The third-order valence-corrected chi connectivity index (χ3v) is 2.17. The Morgan fingerprint density at radius 3 is 2.69 bits per heavy atom. The Bertz CT molecular complexity index is 284. The van der Waals surface area contributed by atoms with E-state index < -0.39 is 0 Å². The topological polar surface area (TPSA) is 40.5 Å². The van der Waals surface area contributed by atoms with Gasteiger partial charge in [0.2, 0.25) is 0 Å². The van der Waals surface area contributed by atoms with Gasteiger partial charge in [-0.1, -0.05) is 17.7 Å². The van der Waals surface area contributed by atoms with Crippen LogP contribution in [0.1, 0.15) is 18.9 Å². The summed E-state index contributed by atoms with van der Waals surface area (Å²) in [5, 5.41) is 18.6. The van der Waals surface area contributed by atoms with Crippen LogP contribution in [0.5, 0.6) is 5.75 Å². The predicted molar refractivity (Wildman–Crippen MR) is 53.1 cm³/mol. The van der Waals surface area contributed by atoms with Gasteiger partial charge in [0.15, 0.2) is 0 Å². The molecule has 0 aliphatic carbocycles. The van der Waals surface area contributed by atoms with Crippen molar-refractivity contribution >= 4 is 11.6 Å². The van der Waals surface area contributed by atoms with Crippen molar-refractivity contribution in [2.24, 2.45) is 0 Å². The van der Waals surface area contributed by atoms with Crippen LogP contribution in [-0.4, -0.2) is 16.3 Å². The van der Waals surface area contributed by atoms with E-state index in [9.17, 15) is 0 Å². The fourth-order valence-corrected chi connectivity index (χ4v) is 1.28. The van der Waals surface area contributed by atoms with E-state index in [4.69, 9.17) is 21.8 Å². The van der Waals surface area contributed by atoms with Gasteiger partial charge in [-0.05, 0) is 37.5 Å². The number of aliphatic hydroxyl groups is 1. The molecule has 1 aromatic rings. The highest BCUT2D eigenvalue weighted by molar-refractivity contribution is 6.32. The summed E-state index contributed by atoms with van der Waals surface area (Å²) in [7, 11) is 0. The van der Waals surface area contributed by atoms with Gasteiger partial charge in [-0.2, -0.15) is 0 Å². The first-order valence-electron chi connectivity index (χ1n) is 4.25. The van der Waals surface area contributed by atoms with Gasteiger partial charge < -0.3 is 10.2 Å². The number of hydrogen-bond acceptors (Lipinski definition) is 2. The molecule has 0 amide bonds. The standard InChI is InChI=1S/C10H13ClO2/c1-7(12)2-3-8-4-5-10(13)9(11)6-8/h4-7,12-13H,2-3H2,1H3/t7-/m0/s1. The van der Waals surface area contributed by atoms with Crippen molar-refractivity contribution in [1.29, 1.82) is 0 Å². The molecule has 1 rings (SSSR count). The second-order valence-electron chi connectivity index (χ2n) is 3.17. The van der Waals surface area contributed by atoms with Crippen LogP contribution in [0.2, 0.25) is 5.02 Å². The summed E-state index contributed by atoms with van der Waals surface area (Å²) in [5.74, 6) is 0.0995. The first-order chi connectivity index (χ1) is 6.09. The quantitative estimate of drug-likeness (QED) is 0.787. The van der Waals surface area contributed by atoms with Crippen molar-refractivity contribution in [2.75, 3.05) is 0 Å². The van der Waals surface area contributed by atoms with E-state index in [1.165, 1.54) is 0 Å².